The first-order valence-electron chi connectivity index (χ1n) is 9.71. The molecule has 0 aliphatic carbocycles. The van der Waals surface area contributed by atoms with Crippen LogP contribution in [0.1, 0.15) is 64.9 Å². The Morgan fingerprint density at radius 3 is 1.88 bits per heavy atom. The predicted molar refractivity (Wildman–Crippen MR) is 111 cm³/mol. The van der Waals surface area contributed by atoms with E-state index in [0.717, 1.165) is 5.02 Å². The SMILES string of the molecule is CCC[CH2][Sn]([CH2]CCC)([CH2]CCC)/[C](=C/CO)c1ccccc1Cl. The number of rotatable bonds is 12. The fourth-order valence-electron chi connectivity index (χ4n) is 3.71. The Balaban J connectivity index is 3.36. The minimum absolute atomic E-state index is 0.129. The quantitative estimate of drug-likeness (QED) is 0.332. The maximum absolute atomic E-state index is 9.74. The van der Waals surface area contributed by atoms with Crippen molar-refractivity contribution in [3.63, 3.8) is 0 Å². The van der Waals surface area contributed by atoms with Crippen LogP contribution < -0.4 is 0 Å². The normalized spacial score (nSPS) is 12.6. The Morgan fingerprint density at radius 2 is 1.46 bits per heavy atom. The van der Waals surface area contributed by atoms with Crippen molar-refractivity contribution in [3.8, 4) is 0 Å². The second kappa shape index (κ2) is 12.4. The molecule has 3 heteroatoms. The molecule has 0 unspecified atom stereocenters. The van der Waals surface area contributed by atoms with Crippen molar-refractivity contribution in [1.82, 2.24) is 0 Å². The Kier molecular flexibility index (Phi) is 11.4. The van der Waals surface area contributed by atoms with Gasteiger partial charge in [-0.05, 0) is 0 Å². The van der Waals surface area contributed by atoms with E-state index >= 15 is 0 Å². The summed E-state index contributed by atoms with van der Waals surface area (Å²) in [5, 5.41) is 10.6. The zero-order valence-corrected chi connectivity index (χ0v) is 19.4. The van der Waals surface area contributed by atoms with E-state index < -0.39 is 18.4 Å². The van der Waals surface area contributed by atoms with E-state index in [1.165, 1.54) is 61.0 Å². The summed E-state index contributed by atoms with van der Waals surface area (Å²) in [4.78, 5) is 0. The zero-order valence-electron chi connectivity index (χ0n) is 15.8. The van der Waals surface area contributed by atoms with Crippen LogP contribution in [0.5, 0.6) is 0 Å². The Labute approximate surface area is 158 Å². The summed E-state index contributed by atoms with van der Waals surface area (Å²) in [7, 11) is 0. The topological polar surface area (TPSA) is 20.2 Å². The van der Waals surface area contributed by atoms with Gasteiger partial charge in [-0.3, -0.25) is 0 Å². The predicted octanol–water partition coefficient (Wildman–Crippen LogP) is 7.10. The van der Waals surface area contributed by atoms with Crippen LogP contribution in [0.2, 0.25) is 18.3 Å². The summed E-state index contributed by atoms with van der Waals surface area (Å²) >= 11 is 3.99. The van der Waals surface area contributed by atoms with Crippen molar-refractivity contribution in [2.45, 2.75) is 72.6 Å². The molecule has 1 aromatic rings. The molecule has 1 N–H and O–H groups in total. The van der Waals surface area contributed by atoms with Crippen LogP contribution in [0.15, 0.2) is 30.3 Å². The molecule has 1 rings (SSSR count). The molecular weight excluding hydrogens is 422 g/mol. The fraction of sp³-hybridized carbons (Fsp3) is 0.619. The first kappa shape index (κ1) is 22.1. The molecule has 136 valence electrons. The molecule has 0 bridgehead atoms. The fourth-order valence-corrected chi connectivity index (χ4v) is 21.2. The van der Waals surface area contributed by atoms with Crippen molar-refractivity contribution in [3.05, 3.63) is 40.9 Å². The Bertz CT molecular complexity index is 477. The molecule has 0 saturated heterocycles. The molecule has 0 spiro atoms. The molecule has 0 aromatic heterocycles. The van der Waals surface area contributed by atoms with E-state index in [4.69, 9.17) is 11.6 Å². The maximum atomic E-state index is 9.74. The number of hydrogen-bond donors (Lipinski definition) is 1. The average molecular weight is 458 g/mol. The summed E-state index contributed by atoms with van der Waals surface area (Å²) in [6.45, 7) is 7.01. The van der Waals surface area contributed by atoms with Crippen LogP contribution in [0, 0.1) is 0 Å². The Hall–Kier alpha value is 0.00870. The molecule has 1 aromatic carbocycles. The van der Waals surface area contributed by atoms with Crippen molar-refractivity contribution in [1.29, 1.82) is 0 Å². The van der Waals surface area contributed by atoms with E-state index in [1.54, 1.807) is 0 Å². The molecule has 0 amide bonds. The number of halogens is 1. The van der Waals surface area contributed by atoms with Crippen LogP contribution in [-0.2, 0) is 0 Å². The van der Waals surface area contributed by atoms with Gasteiger partial charge in [0.2, 0.25) is 0 Å². The van der Waals surface area contributed by atoms with E-state index in [9.17, 15) is 5.11 Å². The van der Waals surface area contributed by atoms with Gasteiger partial charge in [0.1, 0.15) is 0 Å². The number of benzene rings is 1. The summed E-state index contributed by atoms with van der Waals surface area (Å²) in [5.74, 6) is 0. The summed E-state index contributed by atoms with van der Waals surface area (Å²) in [6.07, 6.45) is 9.83. The van der Waals surface area contributed by atoms with Crippen molar-refractivity contribution in [2.24, 2.45) is 0 Å². The van der Waals surface area contributed by atoms with Crippen LogP contribution in [0.25, 0.3) is 3.59 Å². The monoisotopic (exact) mass is 458 g/mol. The van der Waals surface area contributed by atoms with Gasteiger partial charge in [0.25, 0.3) is 0 Å². The first-order valence-corrected chi connectivity index (χ1v) is 17.6. The standard InChI is InChI=1S/C9H8ClO.3C4H9.Sn/c10-9-6-2-1-4-8(9)5-3-7-11;3*1-3-4-2;/h1-4,6,11H,7H2;3*1,3-4H2,2H3;. The molecular formula is C21H35ClOSn. The molecule has 0 fully saturated rings. The third kappa shape index (κ3) is 6.38. The van der Waals surface area contributed by atoms with E-state index in [-0.39, 0.29) is 6.61 Å². The van der Waals surface area contributed by atoms with Gasteiger partial charge in [-0.1, -0.05) is 0 Å². The minimum atomic E-state index is -2.59. The number of hydrogen-bond acceptors (Lipinski definition) is 1. The van der Waals surface area contributed by atoms with Crippen LogP contribution in [0.3, 0.4) is 0 Å². The number of aliphatic hydroxyl groups excluding tert-OH is 1. The van der Waals surface area contributed by atoms with E-state index in [2.05, 4.69) is 39.0 Å². The van der Waals surface area contributed by atoms with Gasteiger partial charge in [0.05, 0.1) is 0 Å². The van der Waals surface area contributed by atoms with Crippen molar-refractivity contribution in [2.75, 3.05) is 6.61 Å². The van der Waals surface area contributed by atoms with Gasteiger partial charge in [0, 0.05) is 0 Å². The van der Waals surface area contributed by atoms with Gasteiger partial charge in [-0.25, -0.2) is 0 Å². The molecule has 0 radical (unpaired) electrons. The van der Waals surface area contributed by atoms with Crippen molar-refractivity contribution < 1.29 is 5.11 Å². The average Bonchev–Trinajstić information content (AvgIpc) is 2.60. The van der Waals surface area contributed by atoms with Gasteiger partial charge < -0.3 is 0 Å². The Morgan fingerprint density at radius 1 is 0.958 bits per heavy atom. The second-order valence-corrected chi connectivity index (χ2v) is 20.4. The molecule has 0 saturated carbocycles. The van der Waals surface area contributed by atoms with Gasteiger partial charge in [-0.15, -0.1) is 0 Å². The second-order valence-electron chi connectivity index (χ2n) is 6.87. The third-order valence-electron chi connectivity index (χ3n) is 5.06. The summed E-state index contributed by atoms with van der Waals surface area (Å²) in [5.41, 5.74) is 1.20. The molecule has 0 atom stereocenters. The van der Waals surface area contributed by atoms with Gasteiger partial charge in [-0.2, -0.15) is 0 Å². The van der Waals surface area contributed by atoms with Gasteiger partial charge in [0.15, 0.2) is 0 Å². The van der Waals surface area contributed by atoms with E-state index in [1.807, 2.05) is 12.1 Å². The summed E-state index contributed by atoms with van der Waals surface area (Å²) in [6, 6.07) is 8.25. The number of aliphatic hydroxyl groups is 1. The van der Waals surface area contributed by atoms with E-state index in [0.29, 0.717) is 0 Å². The molecule has 0 aliphatic heterocycles. The van der Waals surface area contributed by atoms with Crippen LogP contribution >= 0.6 is 11.6 Å². The van der Waals surface area contributed by atoms with Crippen LogP contribution in [-0.4, -0.2) is 30.1 Å². The van der Waals surface area contributed by atoms with Gasteiger partial charge >= 0.3 is 159 Å². The van der Waals surface area contributed by atoms with Crippen LogP contribution in [0.4, 0.5) is 0 Å². The summed E-state index contributed by atoms with van der Waals surface area (Å²) < 4.78 is 5.65. The number of unbranched alkanes of at least 4 members (excludes halogenated alkanes) is 3. The zero-order chi connectivity index (χ0) is 17.8. The molecule has 0 heterocycles. The van der Waals surface area contributed by atoms with Crippen molar-refractivity contribution >= 4 is 33.6 Å². The third-order valence-corrected chi connectivity index (χ3v) is 21.2. The molecule has 24 heavy (non-hydrogen) atoms. The molecule has 0 aliphatic rings. The first-order chi connectivity index (χ1) is 11.6. The molecule has 1 nitrogen and oxygen atoms in total.